The lowest BCUT2D eigenvalue weighted by Gasteiger charge is -2.25. The standard InChI is InChI=1S/C17H23N5O2S/c1-12(13-7-5-4-6-8-13)21(2)16(24)11-25-17-20-19-15(22(17)3)10-9-14(18)23/h4-8,12H,9-11H2,1-3H3,(H2,18,23)/t12-/m0/s1. The van der Waals surface area contributed by atoms with E-state index in [2.05, 4.69) is 10.2 Å². The number of rotatable bonds is 8. The van der Waals surface area contributed by atoms with Crippen molar-refractivity contribution in [3.05, 3.63) is 41.7 Å². The van der Waals surface area contributed by atoms with E-state index >= 15 is 0 Å². The molecule has 2 amide bonds. The largest absolute Gasteiger partial charge is 0.370 e. The molecule has 0 saturated carbocycles. The number of aromatic nitrogens is 3. The third kappa shape index (κ3) is 5.06. The van der Waals surface area contributed by atoms with Crippen molar-refractivity contribution in [3.63, 3.8) is 0 Å². The molecule has 0 fully saturated rings. The summed E-state index contributed by atoms with van der Waals surface area (Å²) < 4.78 is 1.79. The van der Waals surface area contributed by atoms with Crippen molar-refractivity contribution in [1.29, 1.82) is 0 Å². The van der Waals surface area contributed by atoms with Crippen molar-refractivity contribution in [2.45, 2.75) is 31.0 Å². The van der Waals surface area contributed by atoms with Crippen LogP contribution >= 0.6 is 11.8 Å². The molecule has 25 heavy (non-hydrogen) atoms. The highest BCUT2D eigenvalue weighted by atomic mass is 32.2. The summed E-state index contributed by atoms with van der Waals surface area (Å²) in [5, 5.41) is 8.78. The van der Waals surface area contributed by atoms with E-state index in [4.69, 9.17) is 5.73 Å². The van der Waals surface area contributed by atoms with Crippen LogP contribution in [0.3, 0.4) is 0 Å². The Hall–Kier alpha value is -2.35. The first-order valence-electron chi connectivity index (χ1n) is 8.00. The molecule has 8 heteroatoms. The summed E-state index contributed by atoms with van der Waals surface area (Å²) in [6, 6.07) is 9.90. The minimum Gasteiger partial charge on any atom is -0.370 e. The lowest BCUT2D eigenvalue weighted by atomic mass is 10.1. The van der Waals surface area contributed by atoms with Gasteiger partial charge in [-0.05, 0) is 12.5 Å². The maximum absolute atomic E-state index is 12.5. The number of benzene rings is 1. The summed E-state index contributed by atoms with van der Waals surface area (Å²) in [4.78, 5) is 25.1. The predicted molar refractivity (Wildman–Crippen MR) is 96.9 cm³/mol. The van der Waals surface area contributed by atoms with Crippen LogP contribution < -0.4 is 5.73 Å². The van der Waals surface area contributed by atoms with Gasteiger partial charge < -0.3 is 15.2 Å². The first-order chi connectivity index (χ1) is 11.9. The van der Waals surface area contributed by atoms with Crippen LogP contribution in [0.4, 0.5) is 0 Å². The van der Waals surface area contributed by atoms with Crippen LogP contribution in [0.5, 0.6) is 0 Å². The topological polar surface area (TPSA) is 94.1 Å². The molecule has 1 atom stereocenters. The maximum Gasteiger partial charge on any atom is 0.233 e. The van der Waals surface area contributed by atoms with Gasteiger partial charge in [-0.2, -0.15) is 0 Å². The van der Waals surface area contributed by atoms with E-state index < -0.39 is 0 Å². The van der Waals surface area contributed by atoms with Gasteiger partial charge >= 0.3 is 0 Å². The Kier molecular flexibility index (Phi) is 6.58. The molecule has 0 unspecified atom stereocenters. The van der Waals surface area contributed by atoms with Crippen LogP contribution in [0.15, 0.2) is 35.5 Å². The first kappa shape index (κ1) is 19.0. The third-order valence-corrected chi connectivity index (χ3v) is 5.11. The van der Waals surface area contributed by atoms with E-state index in [1.807, 2.05) is 44.3 Å². The second kappa shape index (κ2) is 8.66. The second-order valence-corrected chi connectivity index (χ2v) is 6.75. The van der Waals surface area contributed by atoms with E-state index in [1.54, 1.807) is 16.5 Å². The fourth-order valence-corrected chi connectivity index (χ4v) is 3.18. The number of amides is 2. The second-order valence-electron chi connectivity index (χ2n) is 5.80. The number of carbonyl (C=O) groups excluding carboxylic acids is 2. The number of carbonyl (C=O) groups is 2. The fraction of sp³-hybridized carbons (Fsp3) is 0.412. The highest BCUT2D eigenvalue weighted by molar-refractivity contribution is 7.99. The minimum atomic E-state index is -0.371. The maximum atomic E-state index is 12.5. The van der Waals surface area contributed by atoms with Gasteiger partial charge in [0.25, 0.3) is 0 Å². The van der Waals surface area contributed by atoms with Gasteiger partial charge in [0.05, 0.1) is 11.8 Å². The highest BCUT2D eigenvalue weighted by Gasteiger charge is 2.19. The van der Waals surface area contributed by atoms with Crippen LogP contribution in [0, 0.1) is 0 Å². The Labute approximate surface area is 151 Å². The number of primary amides is 1. The van der Waals surface area contributed by atoms with Gasteiger partial charge in [0.2, 0.25) is 11.8 Å². The van der Waals surface area contributed by atoms with Crippen molar-refractivity contribution in [2.24, 2.45) is 12.8 Å². The Balaban J connectivity index is 1.92. The van der Waals surface area contributed by atoms with Crippen molar-refractivity contribution < 1.29 is 9.59 Å². The molecule has 0 radical (unpaired) electrons. The minimum absolute atomic E-state index is 0.0000704. The molecule has 0 spiro atoms. The normalized spacial score (nSPS) is 12.0. The van der Waals surface area contributed by atoms with Gasteiger partial charge in [0.1, 0.15) is 5.82 Å². The van der Waals surface area contributed by atoms with Gasteiger partial charge in [-0.3, -0.25) is 9.59 Å². The molecule has 0 aliphatic heterocycles. The van der Waals surface area contributed by atoms with E-state index in [0.717, 1.165) is 5.56 Å². The van der Waals surface area contributed by atoms with Crippen molar-refractivity contribution in [2.75, 3.05) is 12.8 Å². The number of hydrogen-bond donors (Lipinski definition) is 1. The van der Waals surface area contributed by atoms with E-state index in [1.165, 1.54) is 11.8 Å². The highest BCUT2D eigenvalue weighted by Crippen LogP contribution is 2.21. The lowest BCUT2D eigenvalue weighted by molar-refractivity contribution is -0.129. The molecule has 1 aromatic heterocycles. The predicted octanol–water partition coefficient (Wildman–Crippen LogP) is 1.54. The number of nitrogens with zero attached hydrogens (tertiary/aromatic N) is 4. The number of nitrogens with two attached hydrogens (primary N) is 1. The Morgan fingerprint density at radius 1 is 1.28 bits per heavy atom. The molecule has 1 heterocycles. The van der Waals surface area contributed by atoms with E-state index in [-0.39, 0.29) is 30.0 Å². The Morgan fingerprint density at radius 3 is 2.60 bits per heavy atom. The number of aryl methyl sites for hydroxylation is 1. The summed E-state index contributed by atoms with van der Waals surface area (Å²) in [7, 11) is 3.62. The lowest BCUT2D eigenvalue weighted by Crippen LogP contribution is -2.31. The molecule has 2 rings (SSSR count). The zero-order valence-electron chi connectivity index (χ0n) is 14.7. The quantitative estimate of drug-likeness (QED) is 0.720. The molecular weight excluding hydrogens is 338 g/mol. The third-order valence-electron chi connectivity index (χ3n) is 4.10. The molecular formula is C17H23N5O2S. The van der Waals surface area contributed by atoms with Crippen LogP contribution in [0.1, 0.15) is 30.8 Å². The molecule has 134 valence electrons. The van der Waals surface area contributed by atoms with Crippen molar-refractivity contribution >= 4 is 23.6 Å². The van der Waals surface area contributed by atoms with Gasteiger partial charge in [0, 0.05) is 26.9 Å². The fourth-order valence-electron chi connectivity index (χ4n) is 2.32. The Bertz CT molecular complexity index is 732. The van der Waals surface area contributed by atoms with Gasteiger partial charge in [-0.25, -0.2) is 0 Å². The smallest absolute Gasteiger partial charge is 0.233 e. The van der Waals surface area contributed by atoms with Crippen LogP contribution in [-0.4, -0.2) is 44.3 Å². The molecule has 0 aliphatic rings. The summed E-state index contributed by atoms with van der Waals surface area (Å²) in [5.41, 5.74) is 6.25. The molecule has 7 nitrogen and oxygen atoms in total. The molecule has 2 N–H and O–H groups in total. The summed E-state index contributed by atoms with van der Waals surface area (Å²) in [5.74, 6) is 0.599. The van der Waals surface area contributed by atoms with E-state index in [0.29, 0.717) is 17.4 Å². The number of thioether (sulfide) groups is 1. The Morgan fingerprint density at radius 2 is 1.96 bits per heavy atom. The summed E-state index contributed by atoms with van der Waals surface area (Å²) in [6.45, 7) is 2.00. The molecule has 0 saturated heterocycles. The molecule has 1 aromatic carbocycles. The van der Waals surface area contributed by atoms with E-state index in [9.17, 15) is 9.59 Å². The van der Waals surface area contributed by atoms with Gasteiger partial charge in [-0.15, -0.1) is 10.2 Å². The monoisotopic (exact) mass is 361 g/mol. The average Bonchev–Trinajstić information content (AvgIpc) is 2.97. The summed E-state index contributed by atoms with van der Waals surface area (Å²) in [6.07, 6.45) is 0.672. The summed E-state index contributed by atoms with van der Waals surface area (Å²) >= 11 is 1.33. The first-order valence-corrected chi connectivity index (χ1v) is 8.98. The SMILES string of the molecule is C[C@@H](c1ccccc1)N(C)C(=O)CSc1nnc(CCC(N)=O)n1C. The molecule has 0 aliphatic carbocycles. The molecule has 0 bridgehead atoms. The van der Waals surface area contributed by atoms with Crippen LogP contribution in [0.25, 0.3) is 0 Å². The van der Waals surface area contributed by atoms with Gasteiger partial charge in [-0.1, -0.05) is 42.1 Å². The number of hydrogen-bond acceptors (Lipinski definition) is 5. The zero-order valence-corrected chi connectivity index (χ0v) is 15.5. The zero-order chi connectivity index (χ0) is 18.4. The van der Waals surface area contributed by atoms with Gasteiger partial charge in [0.15, 0.2) is 5.16 Å². The molecule has 2 aromatic rings. The van der Waals surface area contributed by atoms with Crippen LogP contribution in [-0.2, 0) is 23.1 Å². The van der Waals surface area contributed by atoms with Crippen molar-refractivity contribution in [1.82, 2.24) is 19.7 Å². The average molecular weight is 361 g/mol. The van der Waals surface area contributed by atoms with Crippen molar-refractivity contribution in [3.8, 4) is 0 Å². The van der Waals surface area contributed by atoms with Crippen LogP contribution in [0.2, 0.25) is 0 Å².